The Morgan fingerprint density at radius 3 is 2.19 bits per heavy atom. The molecule has 0 aliphatic heterocycles. The third kappa shape index (κ3) is 5.43. The normalized spacial score (nSPS) is 20.0. The molecule has 0 aromatic heterocycles. The summed E-state index contributed by atoms with van der Waals surface area (Å²) in [4.78, 5) is 0. The fraction of sp³-hybridized carbons (Fsp3) is 0.538. The minimum Gasteiger partial charge on any atom is -0.206 e. The van der Waals surface area contributed by atoms with Crippen molar-refractivity contribution in [3.63, 3.8) is 0 Å². The molecule has 1 saturated carbocycles. The smallest absolute Gasteiger partial charge is 0.131 e. The van der Waals surface area contributed by atoms with Crippen LogP contribution < -0.4 is 0 Å². The van der Waals surface area contributed by atoms with Gasteiger partial charge in [0, 0.05) is 5.56 Å². The molecule has 0 bridgehead atoms. The minimum absolute atomic E-state index is 0.0900. The lowest BCUT2D eigenvalue weighted by molar-refractivity contribution is 0.304. The highest BCUT2D eigenvalue weighted by Gasteiger charge is 2.22. The molecule has 146 valence electrons. The Morgan fingerprint density at radius 1 is 0.852 bits per heavy atom. The Balaban J connectivity index is 1.62. The van der Waals surface area contributed by atoms with E-state index in [1.165, 1.54) is 50.5 Å². The van der Waals surface area contributed by atoms with Gasteiger partial charge in [0.1, 0.15) is 5.82 Å². The first-order chi connectivity index (χ1) is 13.2. The summed E-state index contributed by atoms with van der Waals surface area (Å²) in [5, 5.41) is 0. The second-order valence-electron chi connectivity index (χ2n) is 8.40. The van der Waals surface area contributed by atoms with Crippen LogP contribution in [0.4, 0.5) is 4.39 Å². The van der Waals surface area contributed by atoms with E-state index in [9.17, 15) is 4.39 Å². The number of benzene rings is 2. The predicted molar refractivity (Wildman–Crippen MR) is 115 cm³/mol. The van der Waals surface area contributed by atoms with E-state index in [0.29, 0.717) is 5.92 Å². The number of hydrogen-bond acceptors (Lipinski definition) is 0. The highest BCUT2D eigenvalue weighted by Crippen LogP contribution is 2.38. The van der Waals surface area contributed by atoms with Gasteiger partial charge in [0.25, 0.3) is 0 Å². The molecular weight excluding hydrogens is 331 g/mol. The Kier molecular flexibility index (Phi) is 7.50. The molecular formula is C26H35F. The molecule has 0 spiro atoms. The average Bonchev–Trinajstić information content (AvgIpc) is 2.71. The first-order valence-electron chi connectivity index (χ1n) is 11.1. The fourth-order valence-corrected chi connectivity index (χ4v) is 4.54. The van der Waals surface area contributed by atoms with Crippen molar-refractivity contribution in [2.45, 2.75) is 84.0 Å². The van der Waals surface area contributed by atoms with Gasteiger partial charge in [-0.1, -0.05) is 75.9 Å². The number of rotatable bonds is 8. The van der Waals surface area contributed by atoms with Crippen LogP contribution in [0.15, 0.2) is 42.5 Å². The van der Waals surface area contributed by atoms with Crippen molar-refractivity contribution in [2.24, 2.45) is 5.92 Å². The van der Waals surface area contributed by atoms with E-state index >= 15 is 0 Å². The van der Waals surface area contributed by atoms with E-state index in [1.807, 2.05) is 6.07 Å². The summed E-state index contributed by atoms with van der Waals surface area (Å²) < 4.78 is 14.6. The molecule has 0 unspecified atom stereocenters. The number of aryl methyl sites for hydroxylation is 1. The maximum atomic E-state index is 14.6. The van der Waals surface area contributed by atoms with Gasteiger partial charge >= 0.3 is 0 Å². The number of hydrogen-bond donors (Lipinski definition) is 0. The van der Waals surface area contributed by atoms with Crippen LogP contribution in [-0.4, -0.2) is 0 Å². The zero-order valence-corrected chi connectivity index (χ0v) is 17.1. The van der Waals surface area contributed by atoms with Gasteiger partial charge in [-0.25, -0.2) is 4.39 Å². The van der Waals surface area contributed by atoms with Crippen LogP contribution in [0.5, 0.6) is 0 Å². The molecule has 0 N–H and O–H groups in total. The molecule has 0 saturated heterocycles. The standard InChI is InChI=1S/C26H35F/c1-3-5-7-20-9-12-22(13-10-20)23-14-16-24(17-15-23)25-18-11-21(8-6-4-2)19-26(25)27/h11,14-20,22H,3-10,12-13H2,1-2H3/t20-,22-. The van der Waals surface area contributed by atoms with Crippen LogP contribution in [0, 0.1) is 11.7 Å². The van der Waals surface area contributed by atoms with E-state index in [0.717, 1.165) is 41.9 Å². The molecule has 3 rings (SSSR count). The molecule has 1 fully saturated rings. The molecule has 0 atom stereocenters. The van der Waals surface area contributed by atoms with Crippen molar-refractivity contribution in [3.8, 4) is 11.1 Å². The minimum atomic E-state index is -0.0900. The summed E-state index contributed by atoms with van der Waals surface area (Å²) in [5.41, 5.74) is 4.27. The van der Waals surface area contributed by atoms with Gasteiger partial charge in [-0.3, -0.25) is 0 Å². The predicted octanol–water partition coefficient (Wildman–Crippen LogP) is 8.30. The van der Waals surface area contributed by atoms with E-state index in [2.05, 4.69) is 44.2 Å². The van der Waals surface area contributed by atoms with Crippen molar-refractivity contribution in [2.75, 3.05) is 0 Å². The summed E-state index contributed by atoms with van der Waals surface area (Å²) in [7, 11) is 0. The highest BCUT2D eigenvalue weighted by molar-refractivity contribution is 5.65. The summed E-state index contributed by atoms with van der Waals surface area (Å²) in [6.07, 6.45) is 12.7. The van der Waals surface area contributed by atoms with E-state index < -0.39 is 0 Å². The third-order valence-electron chi connectivity index (χ3n) is 6.36. The van der Waals surface area contributed by atoms with Crippen LogP contribution in [-0.2, 0) is 6.42 Å². The molecule has 0 radical (unpaired) electrons. The van der Waals surface area contributed by atoms with Crippen molar-refractivity contribution >= 4 is 0 Å². The molecule has 2 aromatic carbocycles. The molecule has 2 aromatic rings. The second kappa shape index (κ2) is 10.1. The Hall–Kier alpha value is -1.63. The van der Waals surface area contributed by atoms with Gasteiger partial charge < -0.3 is 0 Å². The fourth-order valence-electron chi connectivity index (χ4n) is 4.54. The zero-order chi connectivity index (χ0) is 19.1. The Morgan fingerprint density at radius 2 is 1.56 bits per heavy atom. The molecule has 1 aliphatic rings. The quantitative estimate of drug-likeness (QED) is 0.441. The Bertz CT molecular complexity index is 693. The van der Waals surface area contributed by atoms with Gasteiger partial charge in [0.2, 0.25) is 0 Å². The molecule has 1 aliphatic carbocycles. The summed E-state index contributed by atoms with van der Waals surface area (Å²) in [5.74, 6) is 1.55. The molecule has 27 heavy (non-hydrogen) atoms. The van der Waals surface area contributed by atoms with E-state index in [4.69, 9.17) is 0 Å². The van der Waals surface area contributed by atoms with Gasteiger partial charge in [0.05, 0.1) is 0 Å². The van der Waals surface area contributed by atoms with Crippen molar-refractivity contribution in [1.29, 1.82) is 0 Å². The van der Waals surface area contributed by atoms with Crippen LogP contribution in [0.2, 0.25) is 0 Å². The zero-order valence-electron chi connectivity index (χ0n) is 17.1. The lowest BCUT2D eigenvalue weighted by Crippen LogP contribution is -2.13. The van der Waals surface area contributed by atoms with Gasteiger partial charge in [-0.15, -0.1) is 0 Å². The van der Waals surface area contributed by atoms with E-state index in [1.54, 1.807) is 6.07 Å². The van der Waals surface area contributed by atoms with Gasteiger partial charge in [-0.2, -0.15) is 0 Å². The van der Waals surface area contributed by atoms with E-state index in [-0.39, 0.29) is 5.82 Å². The molecule has 0 heterocycles. The SMILES string of the molecule is CCCCc1ccc(-c2ccc([C@H]3CC[C@H](CCCC)CC3)cc2)c(F)c1. The highest BCUT2D eigenvalue weighted by atomic mass is 19.1. The lowest BCUT2D eigenvalue weighted by atomic mass is 9.77. The van der Waals surface area contributed by atoms with Gasteiger partial charge in [0.15, 0.2) is 0 Å². The number of halogens is 1. The Labute approximate surface area is 165 Å². The van der Waals surface area contributed by atoms with Crippen LogP contribution in [0.1, 0.15) is 88.7 Å². The third-order valence-corrected chi connectivity index (χ3v) is 6.36. The van der Waals surface area contributed by atoms with Crippen molar-refractivity contribution in [1.82, 2.24) is 0 Å². The van der Waals surface area contributed by atoms with Crippen LogP contribution >= 0.6 is 0 Å². The topological polar surface area (TPSA) is 0 Å². The lowest BCUT2D eigenvalue weighted by Gasteiger charge is -2.29. The van der Waals surface area contributed by atoms with Crippen LogP contribution in [0.25, 0.3) is 11.1 Å². The molecule has 0 amide bonds. The van der Waals surface area contributed by atoms with Crippen molar-refractivity contribution in [3.05, 3.63) is 59.4 Å². The monoisotopic (exact) mass is 366 g/mol. The maximum absolute atomic E-state index is 14.6. The first kappa shape index (κ1) is 20.1. The van der Waals surface area contributed by atoms with Crippen LogP contribution in [0.3, 0.4) is 0 Å². The van der Waals surface area contributed by atoms with Crippen molar-refractivity contribution < 1.29 is 4.39 Å². The largest absolute Gasteiger partial charge is 0.206 e. The maximum Gasteiger partial charge on any atom is 0.131 e. The summed E-state index contributed by atoms with van der Waals surface area (Å²) in [6, 6.07) is 14.4. The average molecular weight is 367 g/mol. The second-order valence-corrected chi connectivity index (χ2v) is 8.40. The summed E-state index contributed by atoms with van der Waals surface area (Å²) >= 11 is 0. The number of unbranched alkanes of at least 4 members (excludes halogenated alkanes) is 2. The summed E-state index contributed by atoms with van der Waals surface area (Å²) in [6.45, 7) is 4.46. The first-order valence-corrected chi connectivity index (χ1v) is 11.1. The molecule has 0 nitrogen and oxygen atoms in total. The van der Waals surface area contributed by atoms with Gasteiger partial charge in [-0.05, 0) is 73.1 Å². The molecule has 1 heteroatoms.